The number of quaternary nitrogens is 1. The van der Waals surface area contributed by atoms with Gasteiger partial charge in [0.25, 0.3) is 5.91 Å². The molecule has 26 heavy (non-hydrogen) atoms. The topological polar surface area (TPSA) is 65.9 Å². The van der Waals surface area contributed by atoms with Crippen LogP contribution in [-0.4, -0.2) is 44.7 Å². The summed E-state index contributed by atoms with van der Waals surface area (Å²) < 4.78 is 0. The molecule has 2 aromatic carbocycles. The number of carbonyl (C=O) groups excluding carboxylic acids is 2. The third-order valence-corrected chi connectivity index (χ3v) is 4.55. The fraction of sp³-hybridized carbons (Fsp3) is 0.300. The second-order valence-electron chi connectivity index (χ2n) is 6.47. The lowest BCUT2D eigenvalue weighted by Crippen LogP contribution is -3.16. The zero-order valence-corrected chi connectivity index (χ0v) is 14.8. The molecule has 0 aliphatic carbocycles. The van der Waals surface area contributed by atoms with Crippen LogP contribution in [0.1, 0.15) is 5.56 Å². The minimum absolute atomic E-state index is 0.237. The maximum absolute atomic E-state index is 12.1. The van der Waals surface area contributed by atoms with E-state index in [1.807, 2.05) is 48.5 Å². The Kier molecular flexibility index (Phi) is 6.22. The van der Waals surface area contributed by atoms with Crippen LogP contribution in [0.15, 0.2) is 60.7 Å². The molecule has 6 nitrogen and oxygen atoms in total. The number of rotatable bonds is 5. The molecule has 3 rings (SSSR count). The standard InChI is InChI=1S/C20H24N4O2/c25-19(22-20(26)21-15-17-7-3-1-4-8-17)16-23-11-13-24(14-12-23)18-9-5-2-6-10-18/h1-10H,11-16H2,(H2,21,22,25,26)/p+1. The summed E-state index contributed by atoms with van der Waals surface area (Å²) in [7, 11) is 0. The highest BCUT2D eigenvalue weighted by Crippen LogP contribution is 2.12. The molecule has 1 fully saturated rings. The summed E-state index contributed by atoms with van der Waals surface area (Å²) in [5.74, 6) is -0.237. The van der Waals surface area contributed by atoms with Gasteiger partial charge in [-0.15, -0.1) is 0 Å². The number of piperazine rings is 1. The number of nitrogens with one attached hydrogen (secondary N) is 3. The first-order valence-corrected chi connectivity index (χ1v) is 8.96. The predicted octanol–water partition coefficient (Wildman–Crippen LogP) is 0.418. The summed E-state index contributed by atoms with van der Waals surface area (Å²) in [4.78, 5) is 27.5. The molecule has 1 heterocycles. The van der Waals surface area contributed by atoms with Crippen LogP contribution < -0.4 is 20.4 Å². The van der Waals surface area contributed by atoms with E-state index in [1.54, 1.807) is 0 Å². The third kappa shape index (κ3) is 5.32. The molecule has 1 saturated heterocycles. The molecule has 3 amide bonds. The van der Waals surface area contributed by atoms with Gasteiger partial charge in [0.05, 0.1) is 26.2 Å². The van der Waals surface area contributed by atoms with Gasteiger partial charge in [0.2, 0.25) is 0 Å². The molecular weight excluding hydrogens is 328 g/mol. The number of imide groups is 1. The number of urea groups is 1. The zero-order valence-electron chi connectivity index (χ0n) is 14.8. The SMILES string of the molecule is O=C(C[NH+]1CCN(c2ccccc2)CC1)NC(=O)NCc1ccccc1. The summed E-state index contributed by atoms with van der Waals surface area (Å²) in [5, 5.41) is 5.12. The van der Waals surface area contributed by atoms with Gasteiger partial charge in [-0.2, -0.15) is 0 Å². The first kappa shape index (κ1) is 17.9. The summed E-state index contributed by atoms with van der Waals surface area (Å²) in [6.45, 7) is 4.31. The van der Waals surface area contributed by atoms with Gasteiger partial charge < -0.3 is 15.1 Å². The van der Waals surface area contributed by atoms with Gasteiger partial charge in [-0.1, -0.05) is 48.5 Å². The van der Waals surface area contributed by atoms with E-state index in [1.165, 1.54) is 10.6 Å². The second kappa shape index (κ2) is 9.01. The van der Waals surface area contributed by atoms with Crippen molar-refractivity contribution in [2.45, 2.75) is 6.54 Å². The normalized spacial score (nSPS) is 14.7. The minimum Gasteiger partial charge on any atom is -0.360 e. The first-order chi connectivity index (χ1) is 12.7. The fourth-order valence-electron chi connectivity index (χ4n) is 3.12. The number of para-hydroxylation sites is 1. The van der Waals surface area contributed by atoms with Crippen LogP contribution in [0.3, 0.4) is 0 Å². The molecule has 1 aliphatic heterocycles. The van der Waals surface area contributed by atoms with Crippen molar-refractivity contribution in [2.75, 3.05) is 37.6 Å². The Morgan fingerprint density at radius 3 is 2.19 bits per heavy atom. The number of amides is 3. The highest BCUT2D eigenvalue weighted by atomic mass is 16.2. The molecule has 0 bridgehead atoms. The molecule has 3 N–H and O–H groups in total. The molecule has 0 unspecified atom stereocenters. The quantitative estimate of drug-likeness (QED) is 0.730. The van der Waals surface area contributed by atoms with E-state index >= 15 is 0 Å². The van der Waals surface area contributed by atoms with Crippen molar-refractivity contribution in [1.82, 2.24) is 10.6 Å². The van der Waals surface area contributed by atoms with Gasteiger partial charge >= 0.3 is 6.03 Å². The van der Waals surface area contributed by atoms with E-state index < -0.39 is 6.03 Å². The Morgan fingerprint density at radius 1 is 0.923 bits per heavy atom. The molecule has 2 aromatic rings. The average molecular weight is 353 g/mol. The van der Waals surface area contributed by atoms with Gasteiger partial charge in [0.1, 0.15) is 0 Å². The van der Waals surface area contributed by atoms with Gasteiger partial charge in [-0.25, -0.2) is 4.79 Å². The van der Waals surface area contributed by atoms with Crippen molar-refractivity contribution in [3.05, 3.63) is 66.2 Å². The van der Waals surface area contributed by atoms with Crippen LogP contribution in [-0.2, 0) is 11.3 Å². The van der Waals surface area contributed by atoms with Crippen molar-refractivity contribution >= 4 is 17.6 Å². The van der Waals surface area contributed by atoms with Crippen molar-refractivity contribution in [3.63, 3.8) is 0 Å². The van der Waals surface area contributed by atoms with E-state index in [0.29, 0.717) is 13.1 Å². The Hall–Kier alpha value is -2.86. The number of anilines is 1. The number of nitrogens with zero attached hydrogens (tertiary/aromatic N) is 1. The lowest BCUT2D eigenvalue weighted by molar-refractivity contribution is -0.892. The monoisotopic (exact) mass is 353 g/mol. The van der Waals surface area contributed by atoms with E-state index in [2.05, 4.69) is 27.7 Å². The second-order valence-corrected chi connectivity index (χ2v) is 6.47. The van der Waals surface area contributed by atoms with Crippen LogP contribution in [0.5, 0.6) is 0 Å². The highest BCUT2D eigenvalue weighted by molar-refractivity contribution is 5.94. The number of hydrogen-bond acceptors (Lipinski definition) is 3. The molecule has 0 saturated carbocycles. The number of carbonyl (C=O) groups is 2. The third-order valence-electron chi connectivity index (χ3n) is 4.55. The largest absolute Gasteiger partial charge is 0.360 e. The smallest absolute Gasteiger partial charge is 0.321 e. The molecule has 1 aliphatic rings. The van der Waals surface area contributed by atoms with Crippen molar-refractivity contribution in [3.8, 4) is 0 Å². The molecule has 0 aromatic heterocycles. The van der Waals surface area contributed by atoms with Crippen LogP contribution in [0, 0.1) is 0 Å². The summed E-state index contributed by atoms with van der Waals surface area (Å²) >= 11 is 0. The Labute approximate surface area is 153 Å². The Morgan fingerprint density at radius 2 is 1.54 bits per heavy atom. The maximum Gasteiger partial charge on any atom is 0.321 e. The van der Waals surface area contributed by atoms with Crippen LogP contribution in [0.4, 0.5) is 10.5 Å². The van der Waals surface area contributed by atoms with Crippen molar-refractivity contribution in [2.24, 2.45) is 0 Å². The van der Waals surface area contributed by atoms with E-state index in [9.17, 15) is 9.59 Å². The van der Waals surface area contributed by atoms with Crippen LogP contribution >= 0.6 is 0 Å². The maximum atomic E-state index is 12.1. The van der Waals surface area contributed by atoms with Gasteiger partial charge in [0.15, 0.2) is 6.54 Å². The van der Waals surface area contributed by atoms with E-state index in [0.717, 1.165) is 31.7 Å². The highest BCUT2D eigenvalue weighted by Gasteiger charge is 2.22. The van der Waals surface area contributed by atoms with Crippen molar-refractivity contribution in [1.29, 1.82) is 0 Å². The lowest BCUT2D eigenvalue weighted by atomic mass is 10.2. The minimum atomic E-state index is -0.443. The molecule has 0 atom stereocenters. The summed E-state index contributed by atoms with van der Waals surface area (Å²) in [6.07, 6.45) is 0. The Bertz CT molecular complexity index is 713. The first-order valence-electron chi connectivity index (χ1n) is 8.96. The van der Waals surface area contributed by atoms with Crippen LogP contribution in [0.25, 0.3) is 0 Å². The van der Waals surface area contributed by atoms with Crippen LogP contribution in [0.2, 0.25) is 0 Å². The average Bonchev–Trinajstić information content (AvgIpc) is 2.68. The lowest BCUT2D eigenvalue weighted by Gasteiger charge is -2.33. The predicted molar refractivity (Wildman–Crippen MR) is 101 cm³/mol. The van der Waals surface area contributed by atoms with E-state index in [4.69, 9.17) is 0 Å². The number of benzene rings is 2. The fourth-order valence-corrected chi connectivity index (χ4v) is 3.12. The Balaban J connectivity index is 1.37. The summed E-state index contributed by atoms with van der Waals surface area (Å²) in [6, 6.07) is 19.5. The molecule has 0 spiro atoms. The van der Waals surface area contributed by atoms with E-state index in [-0.39, 0.29) is 5.91 Å². The van der Waals surface area contributed by atoms with Gasteiger partial charge in [-0.05, 0) is 17.7 Å². The molecule has 136 valence electrons. The zero-order chi connectivity index (χ0) is 18.2. The van der Waals surface area contributed by atoms with Crippen molar-refractivity contribution < 1.29 is 14.5 Å². The molecule has 0 radical (unpaired) electrons. The molecular formula is C20H25N4O2+. The number of hydrogen-bond donors (Lipinski definition) is 3. The van der Waals surface area contributed by atoms with Gasteiger partial charge in [-0.3, -0.25) is 10.1 Å². The van der Waals surface area contributed by atoms with Gasteiger partial charge in [0, 0.05) is 12.2 Å². The summed E-state index contributed by atoms with van der Waals surface area (Å²) in [5.41, 5.74) is 2.22. The molecule has 6 heteroatoms.